The highest BCUT2D eigenvalue weighted by Gasteiger charge is 2.08. The average Bonchev–Trinajstić information content (AvgIpc) is 2.26. The Hall–Kier alpha value is -1.14. The molecule has 0 unspecified atom stereocenters. The third-order valence-corrected chi connectivity index (χ3v) is 2.73. The second-order valence-electron chi connectivity index (χ2n) is 4.88. The molecule has 19 heavy (non-hydrogen) atoms. The fraction of sp³-hybridized carbons (Fsp3) is 0.750. The van der Waals surface area contributed by atoms with Gasteiger partial charge >= 0.3 is 6.01 Å². The lowest BCUT2D eigenvalue weighted by Crippen LogP contribution is -2.31. The van der Waals surface area contributed by atoms with Gasteiger partial charge in [-0.25, -0.2) is 0 Å². The van der Waals surface area contributed by atoms with Gasteiger partial charge in [-0.1, -0.05) is 0 Å². The second-order valence-corrected chi connectivity index (χ2v) is 5.22. The summed E-state index contributed by atoms with van der Waals surface area (Å²) in [6, 6.07) is 0.748. The standard InChI is InChI=1S/C12H22ClN5O/c1-8(2)18(5)7-6-14-11-15-10(13)16-12(17-11)19-9(3)4/h8-9H,6-7H2,1-5H3,(H,14,15,16,17). The highest BCUT2D eigenvalue weighted by molar-refractivity contribution is 6.28. The predicted octanol–water partition coefficient (Wildman–Crippen LogP) is 2.06. The zero-order chi connectivity index (χ0) is 14.4. The molecule has 108 valence electrons. The van der Waals surface area contributed by atoms with Crippen molar-refractivity contribution in [2.75, 3.05) is 25.5 Å². The molecule has 0 saturated carbocycles. The molecular formula is C12H22ClN5O. The molecule has 0 aliphatic heterocycles. The van der Waals surface area contributed by atoms with Crippen LogP contribution < -0.4 is 10.1 Å². The number of nitrogens with one attached hydrogen (secondary N) is 1. The third kappa shape index (κ3) is 6.02. The molecule has 0 saturated heterocycles. The smallest absolute Gasteiger partial charge is 0.322 e. The van der Waals surface area contributed by atoms with Crippen LogP contribution in [0.5, 0.6) is 6.01 Å². The SMILES string of the molecule is CC(C)Oc1nc(Cl)nc(NCCN(C)C(C)C)n1. The van der Waals surface area contributed by atoms with Crippen LogP contribution in [0.2, 0.25) is 5.28 Å². The Morgan fingerprint density at radius 1 is 1.21 bits per heavy atom. The van der Waals surface area contributed by atoms with Crippen molar-refractivity contribution in [1.82, 2.24) is 19.9 Å². The maximum Gasteiger partial charge on any atom is 0.322 e. The number of rotatable bonds is 7. The van der Waals surface area contributed by atoms with Crippen LogP contribution in [0.25, 0.3) is 0 Å². The van der Waals surface area contributed by atoms with Gasteiger partial charge in [0.15, 0.2) is 0 Å². The molecule has 1 rings (SSSR count). The molecule has 0 spiro atoms. The van der Waals surface area contributed by atoms with E-state index in [9.17, 15) is 0 Å². The molecule has 7 heteroatoms. The van der Waals surface area contributed by atoms with Gasteiger partial charge in [0.05, 0.1) is 6.10 Å². The third-order valence-electron chi connectivity index (χ3n) is 2.56. The van der Waals surface area contributed by atoms with Crippen molar-refractivity contribution in [2.45, 2.75) is 39.8 Å². The van der Waals surface area contributed by atoms with Gasteiger partial charge in [-0.05, 0) is 46.3 Å². The molecule has 1 aromatic rings. The van der Waals surface area contributed by atoms with Crippen molar-refractivity contribution >= 4 is 17.5 Å². The quantitative estimate of drug-likeness (QED) is 0.828. The Kier molecular flexibility index (Phi) is 6.24. The van der Waals surface area contributed by atoms with Crippen LogP contribution in [-0.4, -0.2) is 52.1 Å². The summed E-state index contributed by atoms with van der Waals surface area (Å²) in [6.07, 6.45) is -0.00149. The maximum absolute atomic E-state index is 5.83. The van der Waals surface area contributed by atoms with E-state index >= 15 is 0 Å². The van der Waals surface area contributed by atoms with E-state index < -0.39 is 0 Å². The van der Waals surface area contributed by atoms with E-state index in [2.05, 4.69) is 46.1 Å². The summed E-state index contributed by atoms with van der Waals surface area (Å²) >= 11 is 5.83. The van der Waals surface area contributed by atoms with Crippen LogP contribution in [-0.2, 0) is 0 Å². The van der Waals surface area contributed by atoms with Crippen LogP contribution in [0.1, 0.15) is 27.7 Å². The Bertz CT molecular complexity index is 400. The summed E-state index contributed by atoms with van der Waals surface area (Å²) in [6.45, 7) is 9.73. The number of hydrogen-bond donors (Lipinski definition) is 1. The van der Waals surface area contributed by atoms with Gasteiger partial charge in [-0.3, -0.25) is 0 Å². The number of likely N-dealkylation sites (N-methyl/N-ethyl adjacent to an activating group) is 1. The minimum Gasteiger partial charge on any atom is -0.461 e. The first-order valence-corrected chi connectivity index (χ1v) is 6.78. The Balaban J connectivity index is 2.56. The van der Waals surface area contributed by atoms with Gasteiger partial charge in [0, 0.05) is 19.1 Å². The van der Waals surface area contributed by atoms with Crippen molar-refractivity contribution in [3.63, 3.8) is 0 Å². The highest BCUT2D eigenvalue weighted by Crippen LogP contribution is 2.12. The van der Waals surface area contributed by atoms with E-state index in [0.717, 1.165) is 13.1 Å². The van der Waals surface area contributed by atoms with Crippen molar-refractivity contribution in [2.24, 2.45) is 0 Å². The lowest BCUT2D eigenvalue weighted by Gasteiger charge is -2.20. The van der Waals surface area contributed by atoms with Crippen LogP contribution in [0, 0.1) is 0 Å². The van der Waals surface area contributed by atoms with E-state index in [1.54, 1.807) is 0 Å². The lowest BCUT2D eigenvalue weighted by molar-refractivity contribution is 0.222. The zero-order valence-corrected chi connectivity index (χ0v) is 12.9. The first kappa shape index (κ1) is 15.9. The fourth-order valence-corrected chi connectivity index (χ4v) is 1.43. The van der Waals surface area contributed by atoms with E-state index in [1.807, 2.05) is 13.8 Å². The van der Waals surface area contributed by atoms with Gasteiger partial charge < -0.3 is 15.0 Å². The molecule has 0 aliphatic carbocycles. The number of halogens is 1. The van der Waals surface area contributed by atoms with Crippen molar-refractivity contribution < 1.29 is 4.74 Å². The molecule has 0 fully saturated rings. The van der Waals surface area contributed by atoms with Gasteiger partial charge in [-0.2, -0.15) is 15.0 Å². The van der Waals surface area contributed by atoms with Crippen LogP contribution in [0.4, 0.5) is 5.95 Å². The Labute approximate surface area is 119 Å². The topological polar surface area (TPSA) is 63.2 Å². The molecule has 1 heterocycles. The summed E-state index contributed by atoms with van der Waals surface area (Å²) in [4.78, 5) is 14.3. The molecule has 0 aliphatic rings. The first-order chi connectivity index (χ1) is 8.88. The molecule has 0 amide bonds. The van der Waals surface area contributed by atoms with E-state index in [1.165, 1.54) is 0 Å². The minimum absolute atomic E-state index is 0.00149. The summed E-state index contributed by atoms with van der Waals surface area (Å²) in [7, 11) is 2.07. The second kappa shape index (κ2) is 7.45. The van der Waals surface area contributed by atoms with Crippen LogP contribution >= 0.6 is 11.6 Å². The summed E-state index contributed by atoms with van der Waals surface area (Å²) in [5.74, 6) is 0.438. The maximum atomic E-state index is 5.83. The first-order valence-electron chi connectivity index (χ1n) is 6.41. The summed E-state index contributed by atoms with van der Waals surface area (Å²) in [5, 5.41) is 3.25. The fourth-order valence-electron chi connectivity index (χ4n) is 1.28. The zero-order valence-electron chi connectivity index (χ0n) is 12.1. The summed E-state index contributed by atoms with van der Waals surface area (Å²) in [5.41, 5.74) is 0. The molecule has 0 radical (unpaired) electrons. The van der Waals surface area contributed by atoms with Crippen molar-refractivity contribution in [1.29, 1.82) is 0 Å². The Morgan fingerprint density at radius 2 is 1.89 bits per heavy atom. The van der Waals surface area contributed by atoms with Crippen molar-refractivity contribution in [3.05, 3.63) is 5.28 Å². The van der Waals surface area contributed by atoms with E-state index in [-0.39, 0.29) is 17.4 Å². The summed E-state index contributed by atoms with van der Waals surface area (Å²) < 4.78 is 5.40. The predicted molar refractivity (Wildman–Crippen MR) is 76.9 cm³/mol. The Morgan fingerprint density at radius 3 is 2.47 bits per heavy atom. The van der Waals surface area contributed by atoms with E-state index in [4.69, 9.17) is 16.3 Å². The van der Waals surface area contributed by atoms with Gasteiger partial charge in [0.2, 0.25) is 11.2 Å². The van der Waals surface area contributed by atoms with Crippen LogP contribution in [0.3, 0.4) is 0 Å². The van der Waals surface area contributed by atoms with Crippen LogP contribution in [0.15, 0.2) is 0 Å². The van der Waals surface area contributed by atoms with E-state index in [0.29, 0.717) is 12.0 Å². The molecule has 6 nitrogen and oxygen atoms in total. The van der Waals surface area contributed by atoms with Gasteiger partial charge in [0.25, 0.3) is 0 Å². The molecule has 1 aromatic heterocycles. The highest BCUT2D eigenvalue weighted by atomic mass is 35.5. The number of hydrogen-bond acceptors (Lipinski definition) is 6. The normalized spacial score (nSPS) is 11.4. The number of ether oxygens (including phenoxy) is 1. The minimum atomic E-state index is -0.00149. The number of nitrogens with zero attached hydrogens (tertiary/aromatic N) is 4. The molecular weight excluding hydrogens is 266 g/mol. The van der Waals surface area contributed by atoms with Gasteiger partial charge in [0.1, 0.15) is 0 Å². The number of anilines is 1. The molecule has 0 atom stereocenters. The monoisotopic (exact) mass is 287 g/mol. The van der Waals surface area contributed by atoms with Crippen molar-refractivity contribution in [3.8, 4) is 6.01 Å². The largest absolute Gasteiger partial charge is 0.461 e. The number of aromatic nitrogens is 3. The average molecular weight is 288 g/mol. The molecule has 0 aromatic carbocycles. The molecule has 0 bridgehead atoms. The van der Waals surface area contributed by atoms with Gasteiger partial charge in [-0.15, -0.1) is 0 Å². The molecule has 1 N–H and O–H groups in total. The lowest BCUT2D eigenvalue weighted by atomic mass is 10.3.